The molecule has 1 aromatic heterocycles. The smallest absolute Gasteiger partial charge is 0.350 e. The van der Waals surface area contributed by atoms with Crippen molar-refractivity contribution in [3.8, 4) is 5.75 Å². The number of benzene rings is 1. The van der Waals surface area contributed by atoms with Crippen LogP contribution in [0.5, 0.6) is 5.75 Å². The molecule has 1 saturated heterocycles. The number of amides is 1. The van der Waals surface area contributed by atoms with Gasteiger partial charge in [-0.25, -0.2) is 13.2 Å². The van der Waals surface area contributed by atoms with Crippen molar-refractivity contribution >= 4 is 38.9 Å². The van der Waals surface area contributed by atoms with E-state index < -0.39 is 28.5 Å². The van der Waals surface area contributed by atoms with E-state index in [-0.39, 0.29) is 9.77 Å². The molecule has 8 nitrogen and oxygen atoms in total. The number of hydrogen-bond acceptors (Lipinski definition) is 7. The highest BCUT2D eigenvalue weighted by molar-refractivity contribution is 7.89. The van der Waals surface area contributed by atoms with Crippen molar-refractivity contribution in [2.75, 3.05) is 32.1 Å². The van der Waals surface area contributed by atoms with Crippen LogP contribution in [0.15, 0.2) is 40.6 Å². The van der Waals surface area contributed by atoms with E-state index in [1.54, 1.807) is 24.3 Å². The Kier molecular flexibility index (Phi) is 6.32. The summed E-state index contributed by atoms with van der Waals surface area (Å²) >= 11 is 0.973. The summed E-state index contributed by atoms with van der Waals surface area (Å²) in [5.74, 6) is -0.930. The number of para-hydroxylation sites is 2. The molecule has 28 heavy (non-hydrogen) atoms. The lowest BCUT2D eigenvalue weighted by atomic mass is 10.3. The Morgan fingerprint density at radius 1 is 1.18 bits per heavy atom. The number of carbonyl (C=O) groups excluding carboxylic acids is 2. The van der Waals surface area contributed by atoms with Gasteiger partial charge >= 0.3 is 5.97 Å². The second kappa shape index (κ2) is 8.72. The first-order chi connectivity index (χ1) is 13.4. The van der Waals surface area contributed by atoms with Crippen LogP contribution in [0.4, 0.5) is 5.69 Å². The number of ether oxygens (including phenoxy) is 2. The summed E-state index contributed by atoms with van der Waals surface area (Å²) in [6, 6.07) is 8.21. The monoisotopic (exact) mass is 424 g/mol. The van der Waals surface area contributed by atoms with Crippen LogP contribution >= 0.6 is 11.3 Å². The number of nitrogens with one attached hydrogen (secondary N) is 1. The van der Waals surface area contributed by atoms with Gasteiger partial charge in [0.05, 0.1) is 12.8 Å². The second-order valence-electron chi connectivity index (χ2n) is 6.05. The second-order valence-corrected chi connectivity index (χ2v) is 8.87. The number of nitrogens with zero attached hydrogens (tertiary/aromatic N) is 1. The lowest BCUT2D eigenvalue weighted by Gasteiger charge is -2.15. The molecule has 2 heterocycles. The molecule has 1 N–H and O–H groups in total. The van der Waals surface area contributed by atoms with Crippen LogP contribution in [0.25, 0.3) is 0 Å². The Labute approximate surface area is 167 Å². The van der Waals surface area contributed by atoms with E-state index in [4.69, 9.17) is 9.47 Å². The molecular weight excluding hydrogens is 404 g/mol. The maximum Gasteiger partial charge on any atom is 0.350 e. The van der Waals surface area contributed by atoms with Crippen LogP contribution < -0.4 is 10.1 Å². The first kappa shape index (κ1) is 20.3. The van der Waals surface area contributed by atoms with E-state index in [0.29, 0.717) is 24.5 Å². The summed E-state index contributed by atoms with van der Waals surface area (Å²) in [4.78, 5) is 24.3. The Morgan fingerprint density at radius 2 is 1.89 bits per heavy atom. The molecule has 2 aromatic rings. The molecule has 0 unspecified atom stereocenters. The number of thiophene rings is 1. The van der Waals surface area contributed by atoms with Crippen LogP contribution in [0.1, 0.15) is 22.5 Å². The first-order valence-corrected chi connectivity index (χ1v) is 10.9. The Bertz CT molecular complexity index is 964. The zero-order valence-corrected chi connectivity index (χ0v) is 16.8. The molecule has 0 saturated carbocycles. The van der Waals surface area contributed by atoms with Gasteiger partial charge in [0.25, 0.3) is 5.91 Å². The van der Waals surface area contributed by atoms with Crippen LogP contribution in [0.2, 0.25) is 0 Å². The summed E-state index contributed by atoms with van der Waals surface area (Å²) in [6.07, 6.45) is 1.60. The van der Waals surface area contributed by atoms with E-state index in [1.807, 2.05) is 0 Å². The van der Waals surface area contributed by atoms with E-state index in [9.17, 15) is 18.0 Å². The fraction of sp³-hybridized carbons (Fsp3) is 0.333. The molecule has 1 amide bonds. The molecule has 0 spiro atoms. The van der Waals surface area contributed by atoms with E-state index >= 15 is 0 Å². The van der Waals surface area contributed by atoms with Crippen molar-refractivity contribution < 1.29 is 27.5 Å². The van der Waals surface area contributed by atoms with E-state index in [0.717, 1.165) is 24.2 Å². The van der Waals surface area contributed by atoms with E-state index in [2.05, 4.69) is 5.32 Å². The summed E-state index contributed by atoms with van der Waals surface area (Å²) in [5, 5.41) is 4.11. The summed E-state index contributed by atoms with van der Waals surface area (Å²) in [7, 11) is -2.26. The molecule has 1 aromatic carbocycles. The van der Waals surface area contributed by atoms with Gasteiger partial charge in [0.1, 0.15) is 15.5 Å². The molecule has 0 bridgehead atoms. The number of carbonyl (C=O) groups is 2. The zero-order chi connectivity index (χ0) is 20.1. The Hall–Kier alpha value is -2.43. The van der Waals surface area contributed by atoms with Gasteiger partial charge in [0, 0.05) is 13.1 Å². The van der Waals surface area contributed by atoms with Crippen LogP contribution in [-0.2, 0) is 19.6 Å². The molecule has 0 atom stereocenters. The van der Waals surface area contributed by atoms with Gasteiger partial charge in [0.2, 0.25) is 10.0 Å². The van der Waals surface area contributed by atoms with Crippen LogP contribution in [-0.4, -0.2) is 51.4 Å². The van der Waals surface area contributed by atoms with Crippen molar-refractivity contribution in [3.05, 3.63) is 40.6 Å². The van der Waals surface area contributed by atoms with Gasteiger partial charge in [-0.3, -0.25) is 4.79 Å². The van der Waals surface area contributed by atoms with Crippen molar-refractivity contribution in [2.24, 2.45) is 0 Å². The van der Waals surface area contributed by atoms with Crippen molar-refractivity contribution in [3.63, 3.8) is 0 Å². The number of anilines is 1. The van der Waals surface area contributed by atoms with Gasteiger partial charge in [-0.15, -0.1) is 11.3 Å². The quantitative estimate of drug-likeness (QED) is 0.685. The highest BCUT2D eigenvalue weighted by atomic mass is 32.2. The number of methoxy groups -OCH3 is 1. The SMILES string of the molecule is COc1ccccc1NC(=O)COC(=O)c1sccc1S(=O)(=O)N1CCCC1. The van der Waals surface area contributed by atoms with Crippen molar-refractivity contribution in [2.45, 2.75) is 17.7 Å². The standard InChI is InChI=1S/C18H20N2O6S2/c1-25-14-7-3-2-6-13(14)19-16(21)12-26-18(22)17-15(8-11-27-17)28(23,24)20-9-4-5-10-20/h2-3,6-8,11H,4-5,9-10,12H2,1H3,(H,19,21). The minimum atomic E-state index is -3.74. The average Bonchev–Trinajstić information content (AvgIpc) is 3.38. The third kappa shape index (κ3) is 4.34. The number of sulfonamides is 1. The Morgan fingerprint density at radius 3 is 2.61 bits per heavy atom. The number of hydrogen-bond donors (Lipinski definition) is 1. The minimum Gasteiger partial charge on any atom is -0.495 e. The lowest BCUT2D eigenvalue weighted by molar-refractivity contribution is -0.119. The third-order valence-corrected chi connectivity index (χ3v) is 7.18. The first-order valence-electron chi connectivity index (χ1n) is 8.61. The maximum atomic E-state index is 12.7. The normalized spacial score (nSPS) is 14.6. The molecule has 3 rings (SSSR count). The zero-order valence-electron chi connectivity index (χ0n) is 15.2. The molecular formula is C18H20N2O6S2. The summed E-state index contributed by atoms with van der Waals surface area (Å²) in [5.41, 5.74) is 0.444. The summed E-state index contributed by atoms with van der Waals surface area (Å²) < 4.78 is 36.9. The molecule has 1 fully saturated rings. The highest BCUT2D eigenvalue weighted by Gasteiger charge is 2.32. The molecule has 0 radical (unpaired) electrons. The largest absolute Gasteiger partial charge is 0.495 e. The van der Waals surface area contributed by atoms with Gasteiger partial charge < -0.3 is 14.8 Å². The lowest BCUT2D eigenvalue weighted by Crippen LogP contribution is -2.29. The average molecular weight is 425 g/mol. The summed E-state index contributed by atoms with van der Waals surface area (Å²) in [6.45, 7) is 0.333. The predicted molar refractivity (Wildman–Crippen MR) is 104 cm³/mol. The number of rotatable bonds is 7. The highest BCUT2D eigenvalue weighted by Crippen LogP contribution is 2.28. The number of esters is 1. The molecule has 1 aliphatic rings. The molecule has 150 valence electrons. The van der Waals surface area contributed by atoms with Crippen molar-refractivity contribution in [1.82, 2.24) is 4.31 Å². The molecule has 1 aliphatic heterocycles. The fourth-order valence-electron chi connectivity index (χ4n) is 2.85. The molecule has 0 aliphatic carbocycles. The fourth-order valence-corrected chi connectivity index (χ4v) is 5.65. The molecule has 10 heteroatoms. The minimum absolute atomic E-state index is 0.0306. The van der Waals surface area contributed by atoms with Crippen LogP contribution in [0, 0.1) is 0 Å². The van der Waals surface area contributed by atoms with Gasteiger partial charge in [-0.1, -0.05) is 12.1 Å². The van der Waals surface area contributed by atoms with Gasteiger partial charge in [0.15, 0.2) is 6.61 Å². The van der Waals surface area contributed by atoms with E-state index in [1.165, 1.54) is 22.9 Å². The van der Waals surface area contributed by atoms with Crippen molar-refractivity contribution in [1.29, 1.82) is 0 Å². The topological polar surface area (TPSA) is 102 Å². The van der Waals surface area contributed by atoms with Crippen LogP contribution in [0.3, 0.4) is 0 Å². The van der Waals surface area contributed by atoms with Gasteiger partial charge in [-0.05, 0) is 36.4 Å². The van der Waals surface area contributed by atoms with Gasteiger partial charge in [-0.2, -0.15) is 4.31 Å². The maximum absolute atomic E-state index is 12.7. The Balaban J connectivity index is 1.64. The predicted octanol–water partition coefficient (Wildman–Crippen LogP) is 2.34. The third-order valence-electron chi connectivity index (χ3n) is 4.21.